The molecule has 0 saturated carbocycles. The van der Waals surface area contributed by atoms with Gasteiger partial charge in [0.2, 0.25) is 0 Å². The topological polar surface area (TPSA) is 85.4 Å². The minimum absolute atomic E-state index is 0.147. The summed E-state index contributed by atoms with van der Waals surface area (Å²) >= 11 is 3.09. The normalized spacial score (nSPS) is 10.6. The Morgan fingerprint density at radius 2 is 1.94 bits per heavy atom. The van der Waals surface area contributed by atoms with E-state index in [1.54, 1.807) is 32.2 Å². The molecule has 2 aromatic carbocycles. The summed E-state index contributed by atoms with van der Waals surface area (Å²) in [5.74, 6) is 1.85. The van der Waals surface area contributed by atoms with E-state index in [9.17, 15) is 4.79 Å². The molecule has 174 valence electrons. The van der Waals surface area contributed by atoms with Crippen LogP contribution in [-0.4, -0.2) is 30.1 Å². The molecule has 2 N–H and O–H groups in total. The molecule has 4 rings (SSSR count). The largest absolute Gasteiger partial charge is 0.493 e. The van der Waals surface area contributed by atoms with Gasteiger partial charge in [-0.1, -0.05) is 47.4 Å². The van der Waals surface area contributed by atoms with Gasteiger partial charge >= 0.3 is 0 Å². The summed E-state index contributed by atoms with van der Waals surface area (Å²) in [6.07, 6.45) is 3.55. The van der Waals surface area contributed by atoms with Gasteiger partial charge in [-0.25, -0.2) is 9.97 Å². The number of ether oxygens (including phenoxy) is 2. The molecule has 1 amide bonds. The second kappa shape index (κ2) is 11.0. The van der Waals surface area contributed by atoms with E-state index < -0.39 is 0 Å². The lowest BCUT2D eigenvalue weighted by Crippen LogP contribution is -2.24. The number of aromatic nitrogens is 2. The van der Waals surface area contributed by atoms with Crippen LogP contribution in [0, 0.1) is 6.92 Å². The smallest absolute Gasteiger partial charge is 0.251 e. The number of rotatable bonds is 9. The predicted molar refractivity (Wildman–Crippen MR) is 136 cm³/mol. The monoisotopic (exact) mass is 492 g/mol. The molecule has 0 bridgehead atoms. The van der Waals surface area contributed by atoms with Gasteiger partial charge in [0.05, 0.1) is 24.6 Å². The summed E-state index contributed by atoms with van der Waals surface area (Å²) < 4.78 is 11.8. The fraction of sp³-hybridized carbons (Fsp3) is 0.160. The Balaban J connectivity index is 1.44. The highest BCUT2D eigenvalue weighted by atomic mass is 32.2. The third kappa shape index (κ3) is 5.67. The quantitative estimate of drug-likeness (QED) is 0.310. The molecule has 34 heavy (non-hydrogen) atoms. The lowest BCUT2D eigenvalue weighted by molar-refractivity contribution is 0.0949. The van der Waals surface area contributed by atoms with Crippen molar-refractivity contribution >= 4 is 40.0 Å². The zero-order valence-corrected chi connectivity index (χ0v) is 20.6. The standard InChI is InChI=1S/C25H24N4O3S2/c1-16-10-11-18(33-22-15-28-25(34-22)29-21-9-4-5-12-26-21)13-19(16)24(30)27-14-17-7-6-8-20(31-2)23(17)32-3/h4-13,15H,14H2,1-3H3,(H,27,30)(H,26,28,29). The van der Waals surface area contributed by atoms with Gasteiger partial charge in [0.1, 0.15) is 5.82 Å². The highest BCUT2D eigenvalue weighted by molar-refractivity contribution is 8.01. The number of amides is 1. The molecule has 2 heterocycles. The highest BCUT2D eigenvalue weighted by Crippen LogP contribution is 2.35. The molecule has 0 aliphatic rings. The number of hydrogen-bond donors (Lipinski definition) is 2. The van der Waals surface area contributed by atoms with Crippen LogP contribution < -0.4 is 20.1 Å². The Kier molecular flexibility index (Phi) is 7.66. The van der Waals surface area contributed by atoms with Crippen molar-refractivity contribution in [3.05, 3.63) is 83.7 Å². The maximum atomic E-state index is 13.0. The van der Waals surface area contributed by atoms with Crippen molar-refractivity contribution in [2.24, 2.45) is 0 Å². The van der Waals surface area contributed by atoms with E-state index in [0.717, 1.165) is 31.2 Å². The van der Waals surface area contributed by atoms with Crippen molar-refractivity contribution in [3.63, 3.8) is 0 Å². The molecule has 4 aromatic rings. The Hall–Kier alpha value is -3.56. The Labute approximate surface area is 206 Å². The molecule has 2 aromatic heterocycles. The number of methoxy groups -OCH3 is 2. The number of pyridine rings is 1. The first-order valence-corrected chi connectivity index (χ1v) is 12.1. The lowest BCUT2D eigenvalue weighted by Gasteiger charge is -2.14. The third-order valence-electron chi connectivity index (χ3n) is 4.98. The molecule has 0 saturated heterocycles. The number of benzene rings is 2. The van der Waals surface area contributed by atoms with Crippen LogP contribution >= 0.6 is 23.1 Å². The summed E-state index contributed by atoms with van der Waals surface area (Å²) in [5.41, 5.74) is 2.38. The zero-order chi connectivity index (χ0) is 23.9. The summed E-state index contributed by atoms with van der Waals surface area (Å²) in [4.78, 5) is 22.6. The first-order valence-electron chi connectivity index (χ1n) is 10.5. The van der Waals surface area contributed by atoms with Crippen molar-refractivity contribution in [2.45, 2.75) is 22.6 Å². The highest BCUT2D eigenvalue weighted by Gasteiger charge is 2.14. The van der Waals surface area contributed by atoms with Gasteiger partial charge in [0.25, 0.3) is 5.91 Å². The lowest BCUT2D eigenvalue weighted by atomic mass is 10.1. The minimum Gasteiger partial charge on any atom is -0.493 e. The Bertz CT molecular complexity index is 1280. The van der Waals surface area contributed by atoms with Crippen LogP contribution in [0.3, 0.4) is 0 Å². The minimum atomic E-state index is -0.147. The predicted octanol–water partition coefficient (Wildman–Crippen LogP) is 5.69. The number of nitrogens with zero attached hydrogens (tertiary/aromatic N) is 2. The molecule has 0 aliphatic heterocycles. The summed E-state index contributed by atoms with van der Waals surface area (Å²) in [5, 5.41) is 6.95. The molecule has 0 fully saturated rings. The summed E-state index contributed by atoms with van der Waals surface area (Å²) in [7, 11) is 3.18. The van der Waals surface area contributed by atoms with E-state index in [1.165, 1.54) is 11.3 Å². The van der Waals surface area contributed by atoms with Gasteiger partial charge in [0.15, 0.2) is 16.6 Å². The molecule has 9 heteroatoms. The number of hydrogen-bond acceptors (Lipinski definition) is 8. The van der Waals surface area contributed by atoms with Crippen LogP contribution in [0.15, 0.2) is 76.1 Å². The van der Waals surface area contributed by atoms with Gasteiger partial charge in [-0.3, -0.25) is 4.79 Å². The van der Waals surface area contributed by atoms with Crippen LogP contribution in [0.1, 0.15) is 21.5 Å². The van der Waals surface area contributed by atoms with Crippen LogP contribution in [0.5, 0.6) is 11.5 Å². The van der Waals surface area contributed by atoms with E-state index in [0.29, 0.717) is 23.6 Å². The molecular formula is C25H24N4O3S2. The molecular weight excluding hydrogens is 468 g/mol. The van der Waals surface area contributed by atoms with Crippen molar-refractivity contribution in [1.29, 1.82) is 0 Å². The second-order valence-electron chi connectivity index (χ2n) is 7.24. The first kappa shape index (κ1) is 23.6. The Morgan fingerprint density at radius 3 is 2.71 bits per heavy atom. The number of aryl methyl sites for hydroxylation is 1. The third-order valence-corrected chi connectivity index (χ3v) is 6.98. The Morgan fingerprint density at radius 1 is 1.06 bits per heavy atom. The van der Waals surface area contributed by atoms with Crippen molar-refractivity contribution < 1.29 is 14.3 Å². The average molecular weight is 493 g/mol. The van der Waals surface area contributed by atoms with Crippen LogP contribution in [0.2, 0.25) is 0 Å². The number of thiazole rings is 1. The molecule has 0 atom stereocenters. The van der Waals surface area contributed by atoms with Gasteiger partial charge in [-0.05, 0) is 42.8 Å². The summed E-state index contributed by atoms with van der Waals surface area (Å²) in [6.45, 7) is 2.25. The average Bonchev–Trinajstić information content (AvgIpc) is 3.30. The first-order chi connectivity index (χ1) is 16.6. The summed E-state index contributed by atoms with van der Waals surface area (Å²) in [6, 6.07) is 17.1. The van der Waals surface area contributed by atoms with Crippen LogP contribution in [0.4, 0.5) is 10.9 Å². The molecule has 0 radical (unpaired) electrons. The van der Waals surface area contributed by atoms with Crippen LogP contribution in [0.25, 0.3) is 0 Å². The molecule has 0 spiro atoms. The fourth-order valence-corrected chi connectivity index (χ4v) is 5.20. The van der Waals surface area contributed by atoms with Crippen molar-refractivity contribution in [2.75, 3.05) is 19.5 Å². The van der Waals surface area contributed by atoms with E-state index in [1.807, 2.05) is 67.7 Å². The number of carbonyl (C=O) groups is 1. The molecule has 0 unspecified atom stereocenters. The zero-order valence-electron chi connectivity index (χ0n) is 19.0. The van der Waals surface area contributed by atoms with E-state index >= 15 is 0 Å². The maximum absolute atomic E-state index is 13.0. The fourth-order valence-electron chi connectivity index (χ4n) is 3.30. The number of anilines is 2. The molecule has 0 aliphatic carbocycles. The van der Waals surface area contributed by atoms with E-state index in [4.69, 9.17) is 9.47 Å². The van der Waals surface area contributed by atoms with E-state index in [-0.39, 0.29) is 5.91 Å². The van der Waals surface area contributed by atoms with Crippen molar-refractivity contribution in [1.82, 2.24) is 15.3 Å². The number of nitrogens with one attached hydrogen (secondary N) is 2. The number of carbonyl (C=O) groups excluding carboxylic acids is 1. The van der Waals surface area contributed by atoms with Gasteiger partial charge in [-0.2, -0.15) is 0 Å². The SMILES string of the molecule is COc1cccc(CNC(=O)c2cc(Sc3cnc(Nc4ccccn4)s3)ccc2C)c1OC. The van der Waals surface area contributed by atoms with Crippen molar-refractivity contribution in [3.8, 4) is 11.5 Å². The molecule has 7 nitrogen and oxygen atoms in total. The number of para-hydroxylation sites is 1. The van der Waals surface area contributed by atoms with Gasteiger partial charge in [0, 0.05) is 28.8 Å². The maximum Gasteiger partial charge on any atom is 0.251 e. The van der Waals surface area contributed by atoms with Gasteiger partial charge < -0.3 is 20.1 Å². The van der Waals surface area contributed by atoms with E-state index in [2.05, 4.69) is 20.6 Å². The van der Waals surface area contributed by atoms with Crippen LogP contribution in [-0.2, 0) is 6.54 Å². The second-order valence-corrected chi connectivity index (χ2v) is 9.64. The van der Waals surface area contributed by atoms with Gasteiger partial charge in [-0.15, -0.1) is 0 Å².